The van der Waals surface area contributed by atoms with Crippen molar-refractivity contribution in [2.75, 3.05) is 0 Å². The Labute approximate surface area is 131 Å². The third kappa shape index (κ3) is 2.54. The van der Waals surface area contributed by atoms with Crippen molar-refractivity contribution in [2.24, 2.45) is 22.2 Å². The minimum atomic E-state index is 0.0401. The topological polar surface area (TPSA) is 23.8 Å². The quantitative estimate of drug-likeness (QED) is 0.600. The monoisotopic (exact) mass is 287 g/mol. The lowest BCUT2D eigenvalue weighted by molar-refractivity contribution is -0.0663. The third-order valence-corrected chi connectivity index (χ3v) is 7.98. The van der Waals surface area contributed by atoms with Gasteiger partial charge < -0.3 is 0 Å². The highest BCUT2D eigenvalue weighted by Crippen LogP contribution is 2.63. The summed E-state index contributed by atoms with van der Waals surface area (Å²) >= 11 is 0. The van der Waals surface area contributed by atoms with Gasteiger partial charge in [0.2, 0.25) is 0 Å². The van der Waals surface area contributed by atoms with Gasteiger partial charge in [0.05, 0.1) is 11.5 Å². The van der Waals surface area contributed by atoms with Crippen LogP contribution in [0.15, 0.2) is 0 Å². The zero-order valence-electron chi connectivity index (χ0n) is 14.2. The Kier molecular flexibility index (Phi) is 4.10. The van der Waals surface area contributed by atoms with Gasteiger partial charge in [-0.1, -0.05) is 26.7 Å². The molecule has 1 heteroatoms. The van der Waals surface area contributed by atoms with Crippen molar-refractivity contribution in [1.29, 1.82) is 5.26 Å². The number of nitriles is 1. The van der Waals surface area contributed by atoms with Crippen LogP contribution in [0.25, 0.3) is 0 Å². The molecule has 21 heavy (non-hydrogen) atoms. The molecule has 118 valence electrons. The molecule has 0 aromatic heterocycles. The van der Waals surface area contributed by atoms with Crippen LogP contribution in [0.5, 0.6) is 0 Å². The second kappa shape index (κ2) is 5.60. The molecule has 0 unspecified atom stereocenters. The van der Waals surface area contributed by atoms with Crippen LogP contribution in [0.3, 0.4) is 0 Å². The highest BCUT2D eigenvalue weighted by molar-refractivity contribution is 5.06. The van der Waals surface area contributed by atoms with E-state index in [1.807, 2.05) is 0 Å². The average Bonchev–Trinajstić information content (AvgIpc) is 2.57. The number of nitrogens with zero attached hydrogens (tertiary/aromatic N) is 1. The normalized spacial score (nSPS) is 46.2. The predicted molar refractivity (Wildman–Crippen MR) is 87.8 cm³/mol. The summed E-state index contributed by atoms with van der Waals surface area (Å²) in [4.78, 5) is 0. The molecule has 0 atom stereocenters. The van der Waals surface area contributed by atoms with E-state index in [2.05, 4.69) is 19.9 Å². The molecule has 1 nitrogen and oxygen atoms in total. The molecule has 0 aliphatic heterocycles. The van der Waals surface area contributed by atoms with E-state index < -0.39 is 0 Å². The summed E-state index contributed by atoms with van der Waals surface area (Å²) in [5, 5.41) is 9.61. The molecule has 0 amide bonds. The van der Waals surface area contributed by atoms with Gasteiger partial charge in [0.15, 0.2) is 0 Å². The molecular weight excluding hydrogens is 254 g/mol. The van der Waals surface area contributed by atoms with Crippen molar-refractivity contribution in [3.8, 4) is 6.07 Å². The summed E-state index contributed by atoms with van der Waals surface area (Å²) in [7, 11) is 0. The molecule has 0 radical (unpaired) electrons. The zero-order valence-corrected chi connectivity index (χ0v) is 14.2. The summed E-state index contributed by atoms with van der Waals surface area (Å²) in [6, 6.07) is 2.70. The van der Waals surface area contributed by atoms with E-state index in [1.54, 1.807) is 0 Å². The first-order chi connectivity index (χ1) is 10.1. The summed E-state index contributed by atoms with van der Waals surface area (Å²) < 4.78 is 0. The van der Waals surface area contributed by atoms with Crippen LogP contribution in [0, 0.1) is 33.5 Å². The maximum atomic E-state index is 9.61. The minimum Gasteiger partial charge on any atom is -0.198 e. The van der Waals surface area contributed by atoms with Crippen molar-refractivity contribution < 1.29 is 0 Å². The van der Waals surface area contributed by atoms with Crippen molar-refractivity contribution in [3.63, 3.8) is 0 Å². The molecule has 0 aromatic rings. The second-order valence-electron chi connectivity index (χ2n) is 8.63. The van der Waals surface area contributed by atoms with Gasteiger partial charge in [-0.05, 0) is 87.4 Å². The summed E-state index contributed by atoms with van der Waals surface area (Å²) in [6.45, 7) is 4.64. The van der Waals surface area contributed by atoms with Gasteiger partial charge in [-0.15, -0.1) is 0 Å². The Balaban J connectivity index is 1.64. The van der Waals surface area contributed by atoms with Crippen molar-refractivity contribution >= 4 is 0 Å². The van der Waals surface area contributed by atoms with Gasteiger partial charge in [0.25, 0.3) is 0 Å². The molecule has 4 aliphatic carbocycles. The van der Waals surface area contributed by atoms with Crippen LogP contribution in [0.1, 0.15) is 97.3 Å². The highest BCUT2D eigenvalue weighted by Gasteiger charge is 2.52. The Bertz CT molecular complexity index is 384. The van der Waals surface area contributed by atoms with Crippen LogP contribution in [-0.4, -0.2) is 0 Å². The molecular formula is C20H33N. The van der Waals surface area contributed by atoms with E-state index in [9.17, 15) is 5.26 Å². The molecule has 4 saturated carbocycles. The van der Waals surface area contributed by atoms with Crippen LogP contribution >= 0.6 is 0 Å². The smallest absolute Gasteiger partial charge is 0.0689 e. The Morgan fingerprint density at radius 1 is 0.905 bits per heavy atom. The fraction of sp³-hybridized carbons (Fsp3) is 0.950. The number of fused-ring (bicyclic) bond motifs is 3. The lowest BCUT2D eigenvalue weighted by Crippen LogP contribution is -2.46. The Hall–Kier alpha value is -0.510. The molecule has 4 aliphatic rings. The van der Waals surface area contributed by atoms with Crippen LogP contribution in [0.2, 0.25) is 0 Å². The van der Waals surface area contributed by atoms with Crippen LogP contribution in [-0.2, 0) is 0 Å². The largest absolute Gasteiger partial charge is 0.198 e. The number of rotatable bonds is 4. The standard InChI is InChI=1S/C20H33N/c1-3-7-19(16-21)8-5-17(6-9-19)20-13-10-18(4-2,11-14-20)12-15-20/h17H,3-15H2,1-2H3. The SMILES string of the molecule is CCCC1(C#N)CCC(C23CCC(CC)(CC2)CC3)CC1. The average molecular weight is 287 g/mol. The fourth-order valence-electron chi connectivity index (χ4n) is 6.11. The summed E-state index contributed by atoms with van der Waals surface area (Å²) in [5.74, 6) is 0.936. The van der Waals surface area contributed by atoms with Crippen molar-refractivity contribution in [3.05, 3.63) is 0 Å². The lowest BCUT2D eigenvalue weighted by Gasteiger charge is -2.58. The summed E-state index contributed by atoms with van der Waals surface area (Å²) in [5.41, 5.74) is 1.46. The van der Waals surface area contributed by atoms with E-state index >= 15 is 0 Å². The zero-order chi connectivity index (χ0) is 15.0. The molecule has 0 spiro atoms. The minimum absolute atomic E-state index is 0.0401. The molecule has 2 bridgehead atoms. The van der Waals surface area contributed by atoms with Gasteiger partial charge in [-0.3, -0.25) is 0 Å². The summed E-state index contributed by atoms with van der Waals surface area (Å²) in [6.07, 6.45) is 17.7. The Morgan fingerprint density at radius 3 is 1.90 bits per heavy atom. The van der Waals surface area contributed by atoms with E-state index in [0.29, 0.717) is 5.41 Å². The van der Waals surface area contributed by atoms with Gasteiger partial charge in [0, 0.05) is 0 Å². The number of hydrogen-bond donors (Lipinski definition) is 0. The van der Waals surface area contributed by atoms with Crippen molar-refractivity contribution in [2.45, 2.75) is 97.3 Å². The number of hydrogen-bond acceptors (Lipinski definition) is 1. The highest BCUT2D eigenvalue weighted by atomic mass is 14.6. The predicted octanol–water partition coefficient (Wildman–Crippen LogP) is 6.24. The molecule has 4 fully saturated rings. The molecule has 0 aromatic carbocycles. The van der Waals surface area contributed by atoms with Crippen LogP contribution < -0.4 is 0 Å². The Morgan fingerprint density at radius 2 is 1.48 bits per heavy atom. The van der Waals surface area contributed by atoms with E-state index in [0.717, 1.165) is 17.8 Å². The first kappa shape index (κ1) is 15.4. The molecule has 0 N–H and O–H groups in total. The first-order valence-corrected chi connectivity index (χ1v) is 9.53. The maximum absolute atomic E-state index is 9.61. The maximum Gasteiger partial charge on any atom is 0.0689 e. The first-order valence-electron chi connectivity index (χ1n) is 9.53. The third-order valence-electron chi connectivity index (χ3n) is 7.98. The lowest BCUT2D eigenvalue weighted by atomic mass is 9.47. The van der Waals surface area contributed by atoms with E-state index in [-0.39, 0.29) is 5.41 Å². The molecule has 4 rings (SSSR count). The van der Waals surface area contributed by atoms with Gasteiger partial charge >= 0.3 is 0 Å². The second-order valence-corrected chi connectivity index (χ2v) is 8.63. The van der Waals surface area contributed by atoms with Gasteiger partial charge in [0.1, 0.15) is 0 Å². The van der Waals surface area contributed by atoms with Crippen molar-refractivity contribution in [1.82, 2.24) is 0 Å². The fourth-order valence-corrected chi connectivity index (χ4v) is 6.11. The van der Waals surface area contributed by atoms with Crippen LogP contribution in [0.4, 0.5) is 0 Å². The molecule has 0 saturated heterocycles. The molecule has 0 heterocycles. The van der Waals surface area contributed by atoms with E-state index in [1.165, 1.54) is 77.0 Å². The van der Waals surface area contributed by atoms with Gasteiger partial charge in [-0.2, -0.15) is 5.26 Å². The van der Waals surface area contributed by atoms with Gasteiger partial charge in [-0.25, -0.2) is 0 Å². The van der Waals surface area contributed by atoms with E-state index in [4.69, 9.17) is 0 Å².